The number of rotatable bonds is 6. The first-order valence-electron chi connectivity index (χ1n) is 10.6. The molecule has 0 aliphatic carbocycles. The van der Waals surface area contributed by atoms with E-state index in [-0.39, 0.29) is 11.9 Å². The van der Waals surface area contributed by atoms with Crippen molar-refractivity contribution in [2.24, 2.45) is 4.99 Å². The van der Waals surface area contributed by atoms with Crippen LogP contribution in [0.5, 0.6) is 0 Å². The maximum Gasteiger partial charge on any atom is 0.191 e. The second-order valence-electron chi connectivity index (χ2n) is 7.51. The molecule has 0 amide bonds. The number of pyridine rings is 1. The van der Waals surface area contributed by atoms with Crippen LogP contribution in [0.25, 0.3) is 10.9 Å². The van der Waals surface area contributed by atoms with Crippen LogP contribution in [-0.2, 0) is 11.3 Å². The van der Waals surface area contributed by atoms with Gasteiger partial charge in [0.2, 0.25) is 0 Å². The molecule has 2 N–H and O–H groups in total. The van der Waals surface area contributed by atoms with Gasteiger partial charge in [-0.1, -0.05) is 30.3 Å². The molecule has 0 saturated carbocycles. The molecule has 1 aliphatic rings. The highest BCUT2D eigenvalue weighted by Gasteiger charge is 2.23. The largest absolute Gasteiger partial charge is 0.379 e. The Balaban J connectivity index is 1.43. The third-order valence-corrected chi connectivity index (χ3v) is 5.61. The number of nitrogens with zero attached hydrogens (tertiary/aromatic N) is 3. The van der Waals surface area contributed by atoms with Gasteiger partial charge in [-0.15, -0.1) is 0 Å². The van der Waals surface area contributed by atoms with Crippen molar-refractivity contribution in [3.05, 3.63) is 77.7 Å². The molecule has 2 heterocycles. The molecular formula is C24H28FN5O. The minimum Gasteiger partial charge on any atom is -0.379 e. The first kappa shape index (κ1) is 21.2. The summed E-state index contributed by atoms with van der Waals surface area (Å²) in [6.45, 7) is 4.40. The lowest BCUT2D eigenvalue weighted by atomic mass is 10.0. The van der Waals surface area contributed by atoms with Gasteiger partial charge in [0.1, 0.15) is 5.82 Å². The van der Waals surface area contributed by atoms with Crippen LogP contribution in [-0.4, -0.2) is 55.7 Å². The summed E-state index contributed by atoms with van der Waals surface area (Å²) in [6.07, 6.45) is 1.83. The third kappa shape index (κ3) is 5.37. The molecule has 0 bridgehead atoms. The van der Waals surface area contributed by atoms with E-state index in [1.807, 2.05) is 42.6 Å². The fourth-order valence-electron chi connectivity index (χ4n) is 3.93. The van der Waals surface area contributed by atoms with Crippen LogP contribution in [0.15, 0.2) is 65.8 Å². The minimum absolute atomic E-state index is 0.102. The van der Waals surface area contributed by atoms with Crippen LogP contribution >= 0.6 is 0 Å². The van der Waals surface area contributed by atoms with Crippen molar-refractivity contribution in [1.29, 1.82) is 0 Å². The fourth-order valence-corrected chi connectivity index (χ4v) is 3.93. The van der Waals surface area contributed by atoms with E-state index >= 15 is 0 Å². The Kier molecular flexibility index (Phi) is 7.07. The molecule has 31 heavy (non-hydrogen) atoms. The van der Waals surface area contributed by atoms with Gasteiger partial charge in [0.05, 0.1) is 24.8 Å². The van der Waals surface area contributed by atoms with E-state index in [1.165, 1.54) is 12.1 Å². The average Bonchev–Trinajstić information content (AvgIpc) is 2.83. The van der Waals surface area contributed by atoms with Crippen LogP contribution < -0.4 is 10.6 Å². The van der Waals surface area contributed by atoms with Gasteiger partial charge in [0.25, 0.3) is 0 Å². The standard InChI is InChI=1S/C24H28FN5O/c1-26-24(28-16-19-10-11-27-22-5-3-2-4-21(19)22)29-17-23(30-12-14-31-15-13-30)18-6-8-20(25)9-7-18/h2-11,23H,12-17H2,1H3,(H2,26,28,29). The topological polar surface area (TPSA) is 61.8 Å². The molecule has 2 aromatic carbocycles. The van der Waals surface area contributed by atoms with Crippen molar-refractivity contribution < 1.29 is 9.13 Å². The molecule has 0 spiro atoms. The molecule has 3 aromatic rings. The van der Waals surface area contributed by atoms with Crippen molar-refractivity contribution in [1.82, 2.24) is 20.5 Å². The maximum atomic E-state index is 13.5. The van der Waals surface area contributed by atoms with E-state index in [0.717, 1.165) is 41.1 Å². The summed E-state index contributed by atoms with van der Waals surface area (Å²) in [4.78, 5) is 11.2. The smallest absolute Gasteiger partial charge is 0.191 e. The van der Waals surface area contributed by atoms with E-state index in [0.29, 0.717) is 26.3 Å². The number of guanidine groups is 1. The van der Waals surface area contributed by atoms with Gasteiger partial charge in [-0.05, 0) is 35.4 Å². The molecular weight excluding hydrogens is 393 g/mol. The molecule has 1 saturated heterocycles. The Bertz CT molecular complexity index is 1010. The summed E-state index contributed by atoms with van der Waals surface area (Å²) in [7, 11) is 1.77. The van der Waals surface area contributed by atoms with Crippen molar-refractivity contribution in [2.75, 3.05) is 39.9 Å². The van der Waals surface area contributed by atoms with Crippen molar-refractivity contribution in [3.63, 3.8) is 0 Å². The Morgan fingerprint density at radius 2 is 1.87 bits per heavy atom. The Hall–Kier alpha value is -3.03. The number of aliphatic imine (C=N–C) groups is 1. The zero-order valence-corrected chi connectivity index (χ0v) is 17.7. The number of benzene rings is 2. The normalized spacial score (nSPS) is 16.3. The van der Waals surface area contributed by atoms with Crippen LogP contribution in [0.3, 0.4) is 0 Å². The summed E-state index contributed by atoms with van der Waals surface area (Å²) >= 11 is 0. The lowest BCUT2D eigenvalue weighted by Gasteiger charge is -2.35. The number of hydrogen-bond donors (Lipinski definition) is 2. The number of aromatic nitrogens is 1. The van der Waals surface area contributed by atoms with Gasteiger partial charge in [0.15, 0.2) is 5.96 Å². The number of fused-ring (bicyclic) bond motifs is 1. The van der Waals surface area contributed by atoms with E-state index in [9.17, 15) is 4.39 Å². The highest BCUT2D eigenvalue weighted by atomic mass is 19.1. The number of nitrogens with one attached hydrogen (secondary N) is 2. The van der Waals surface area contributed by atoms with Gasteiger partial charge in [-0.25, -0.2) is 4.39 Å². The Morgan fingerprint density at radius 3 is 2.65 bits per heavy atom. The number of para-hydroxylation sites is 1. The van der Waals surface area contributed by atoms with Crippen LogP contribution in [0.2, 0.25) is 0 Å². The first-order valence-corrected chi connectivity index (χ1v) is 10.6. The molecule has 4 rings (SSSR count). The monoisotopic (exact) mass is 421 g/mol. The van der Waals surface area contributed by atoms with Crippen molar-refractivity contribution >= 4 is 16.9 Å². The van der Waals surface area contributed by atoms with Crippen molar-refractivity contribution in [2.45, 2.75) is 12.6 Å². The molecule has 1 atom stereocenters. The number of hydrogen-bond acceptors (Lipinski definition) is 4. The third-order valence-electron chi connectivity index (χ3n) is 5.61. The van der Waals surface area contributed by atoms with Gasteiger partial charge in [-0.2, -0.15) is 0 Å². The zero-order chi connectivity index (χ0) is 21.5. The van der Waals surface area contributed by atoms with Crippen molar-refractivity contribution in [3.8, 4) is 0 Å². The summed E-state index contributed by atoms with van der Waals surface area (Å²) < 4.78 is 19.0. The summed E-state index contributed by atoms with van der Waals surface area (Å²) in [5, 5.41) is 7.98. The maximum absolute atomic E-state index is 13.5. The molecule has 0 radical (unpaired) electrons. The van der Waals surface area contributed by atoms with E-state index in [2.05, 4.69) is 31.6 Å². The molecule has 162 valence electrons. The lowest BCUT2D eigenvalue weighted by Crippen LogP contribution is -2.46. The average molecular weight is 422 g/mol. The SMILES string of the molecule is CN=C(NCc1ccnc2ccccc12)NCC(c1ccc(F)cc1)N1CCOCC1. The van der Waals surface area contributed by atoms with Gasteiger partial charge < -0.3 is 15.4 Å². The molecule has 7 heteroatoms. The lowest BCUT2D eigenvalue weighted by molar-refractivity contribution is 0.0170. The van der Waals surface area contributed by atoms with Crippen LogP contribution in [0.1, 0.15) is 17.2 Å². The van der Waals surface area contributed by atoms with E-state index < -0.39 is 0 Å². The number of ether oxygens (including phenoxy) is 1. The second-order valence-corrected chi connectivity index (χ2v) is 7.51. The minimum atomic E-state index is -0.223. The summed E-state index contributed by atoms with van der Waals surface area (Å²) in [6, 6.07) is 17.0. The predicted molar refractivity (Wildman–Crippen MR) is 121 cm³/mol. The van der Waals surface area contributed by atoms with E-state index in [4.69, 9.17) is 4.74 Å². The fraction of sp³-hybridized carbons (Fsp3) is 0.333. The van der Waals surface area contributed by atoms with Gasteiger partial charge in [-0.3, -0.25) is 14.9 Å². The van der Waals surface area contributed by atoms with Gasteiger partial charge in [0, 0.05) is 44.8 Å². The molecule has 1 aromatic heterocycles. The highest BCUT2D eigenvalue weighted by molar-refractivity contribution is 5.83. The molecule has 1 unspecified atom stereocenters. The van der Waals surface area contributed by atoms with E-state index in [1.54, 1.807) is 7.05 Å². The number of halogens is 1. The summed E-state index contributed by atoms with van der Waals surface area (Å²) in [5.41, 5.74) is 3.22. The predicted octanol–water partition coefficient (Wildman–Crippen LogP) is 3.11. The van der Waals surface area contributed by atoms with Crippen LogP contribution in [0.4, 0.5) is 4.39 Å². The zero-order valence-electron chi connectivity index (χ0n) is 17.7. The van der Waals surface area contributed by atoms with Crippen LogP contribution in [0, 0.1) is 5.82 Å². The molecule has 6 nitrogen and oxygen atoms in total. The Labute approximate surface area is 182 Å². The highest BCUT2D eigenvalue weighted by Crippen LogP contribution is 2.22. The van der Waals surface area contributed by atoms with Gasteiger partial charge >= 0.3 is 0 Å². The summed E-state index contributed by atoms with van der Waals surface area (Å²) in [5.74, 6) is 0.501. The second kappa shape index (κ2) is 10.3. The Morgan fingerprint density at radius 1 is 1.10 bits per heavy atom. The molecule has 1 aliphatic heterocycles. The quantitative estimate of drug-likeness (QED) is 0.473. The first-order chi connectivity index (χ1) is 15.2. The number of morpholine rings is 1. The molecule has 1 fully saturated rings.